The second-order valence-corrected chi connectivity index (χ2v) is 4.13. The average molecular weight is 284 g/mol. The van der Waals surface area contributed by atoms with Crippen LogP contribution in [0.3, 0.4) is 0 Å². The summed E-state index contributed by atoms with van der Waals surface area (Å²) in [5.41, 5.74) is 2.15. The van der Waals surface area contributed by atoms with E-state index in [2.05, 4.69) is 45.9 Å². The highest BCUT2D eigenvalue weighted by Gasteiger charge is 1.97. The molecule has 0 radical (unpaired) electrons. The van der Waals surface area contributed by atoms with Crippen molar-refractivity contribution >= 4 is 22.6 Å². The van der Waals surface area contributed by atoms with E-state index in [-0.39, 0.29) is 0 Å². The van der Waals surface area contributed by atoms with Crippen LogP contribution in [0.2, 0.25) is 0 Å². The summed E-state index contributed by atoms with van der Waals surface area (Å²) in [5, 5.41) is 4.34. The van der Waals surface area contributed by atoms with Gasteiger partial charge >= 0.3 is 0 Å². The highest BCUT2D eigenvalue weighted by atomic mass is 127. The van der Waals surface area contributed by atoms with Crippen LogP contribution >= 0.6 is 22.6 Å². The highest BCUT2D eigenvalue weighted by Crippen LogP contribution is 2.11. The lowest BCUT2D eigenvalue weighted by Gasteiger charge is -2.00. The van der Waals surface area contributed by atoms with Crippen LogP contribution in [0.1, 0.15) is 5.69 Å². The maximum Gasteiger partial charge on any atom is 0.0656 e. The number of aromatic nitrogens is 2. The van der Waals surface area contributed by atoms with Crippen LogP contribution in [0.15, 0.2) is 36.5 Å². The molecule has 2 nitrogen and oxygen atoms in total. The van der Waals surface area contributed by atoms with Crippen molar-refractivity contribution in [3.63, 3.8) is 0 Å². The number of benzene rings is 1. The van der Waals surface area contributed by atoms with Gasteiger partial charge in [0.05, 0.1) is 11.4 Å². The van der Waals surface area contributed by atoms with Gasteiger partial charge < -0.3 is 0 Å². The smallest absolute Gasteiger partial charge is 0.0656 e. The minimum atomic E-state index is 1.04. The van der Waals surface area contributed by atoms with Crippen molar-refractivity contribution in [1.82, 2.24) is 9.78 Å². The van der Waals surface area contributed by atoms with Gasteiger partial charge in [0.15, 0.2) is 0 Å². The summed E-state index contributed by atoms with van der Waals surface area (Å²) in [6.07, 6.45) is 1.97. The Labute approximate surface area is 90.7 Å². The molecule has 0 unspecified atom stereocenters. The number of nitrogens with zero attached hydrogens (tertiary/aromatic N) is 2. The summed E-state index contributed by atoms with van der Waals surface area (Å²) >= 11 is 2.30. The summed E-state index contributed by atoms with van der Waals surface area (Å²) in [7, 11) is 0. The third kappa shape index (κ3) is 1.91. The van der Waals surface area contributed by atoms with E-state index in [4.69, 9.17) is 0 Å². The zero-order valence-corrected chi connectivity index (χ0v) is 9.39. The van der Waals surface area contributed by atoms with Crippen molar-refractivity contribution in [2.24, 2.45) is 0 Å². The van der Waals surface area contributed by atoms with Crippen molar-refractivity contribution in [3.8, 4) is 5.69 Å². The molecule has 0 amide bonds. The van der Waals surface area contributed by atoms with E-state index >= 15 is 0 Å². The van der Waals surface area contributed by atoms with Crippen LogP contribution in [0.25, 0.3) is 5.69 Å². The SMILES string of the molecule is Cc1ccn(-c2cccc(I)c2)n1. The molecule has 0 atom stereocenters. The molecule has 1 heterocycles. The molecule has 0 bridgehead atoms. The Morgan fingerprint density at radius 1 is 1.31 bits per heavy atom. The quantitative estimate of drug-likeness (QED) is 0.736. The van der Waals surface area contributed by atoms with Crippen LogP contribution < -0.4 is 0 Å². The third-order valence-corrected chi connectivity index (χ3v) is 2.47. The molecular weight excluding hydrogens is 275 g/mol. The first-order chi connectivity index (χ1) is 6.25. The first kappa shape index (κ1) is 8.74. The van der Waals surface area contributed by atoms with Gasteiger partial charge in [-0.25, -0.2) is 4.68 Å². The highest BCUT2D eigenvalue weighted by molar-refractivity contribution is 14.1. The second kappa shape index (κ2) is 3.49. The molecule has 0 aliphatic carbocycles. The molecule has 13 heavy (non-hydrogen) atoms. The molecule has 0 aliphatic heterocycles. The van der Waals surface area contributed by atoms with Gasteiger partial charge in [-0.1, -0.05) is 6.07 Å². The summed E-state index contributed by atoms with van der Waals surface area (Å²) in [5.74, 6) is 0. The molecule has 0 fully saturated rings. The van der Waals surface area contributed by atoms with Crippen LogP contribution in [-0.2, 0) is 0 Å². The van der Waals surface area contributed by atoms with Gasteiger partial charge in [-0.05, 0) is 53.8 Å². The van der Waals surface area contributed by atoms with E-state index in [0.717, 1.165) is 11.4 Å². The summed E-state index contributed by atoms with van der Waals surface area (Å²) < 4.78 is 3.11. The van der Waals surface area contributed by atoms with Gasteiger partial charge in [-0.3, -0.25) is 0 Å². The largest absolute Gasteiger partial charge is 0.241 e. The van der Waals surface area contributed by atoms with Gasteiger partial charge in [0.25, 0.3) is 0 Å². The Balaban J connectivity index is 2.46. The van der Waals surface area contributed by atoms with E-state index in [1.165, 1.54) is 3.57 Å². The second-order valence-electron chi connectivity index (χ2n) is 2.88. The standard InChI is InChI=1S/C10H9IN2/c1-8-5-6-13(12-8)10-4-2-3-9(11)7-10/h2-7H,1H3. The first-order valence-electron chi connectivity index (χ1n) is 4.04. The Hall–Kier alpha value is -0.840. The van der Waals surface area contributed by atoms with E-state index in [9.17, 15) is 0 Å². The molecule has 66 valence electrons. The minimum absolute atomic E-state index is 1.04. The summed E-state index contributed by atoms with van der Waals surface area (Å²) in [6.45, 7) is 1.99. The molecule has 0 N–H and O–H groups in total. The van der Waals surface area contributed by atoms with Crippen molar-refractivity contribution in [2.45, 2.75) is 6.92 Å². The number of hydrogen-bond acceptors (Lipinski definition) is 1. The lowest BCUT2D eigenvalue weighted by atomic mass is 10.3. The van der Waals surface area contributed by atoms with Crippen molar-refractivity contribution < 1.29 is 0 Å². The van der Waals surface area contributed by atoms with Crippen molar-refractivity contribution in [1.29, 1.82) is 0 Å². The lowest BCUT2D eigenvalue weighted by Crippen LogP contribution is -1.94. The van der Waals surface area contributed by atoms with Crippen LogP contribution in [0.4, 0.5) is 0 Å². The Bertz CT molecular complexity index is 420. The van der Waals surface area contributed by atoms with Gasteiger partial charge in [0.1, 0.15) is 0 Å². The molecule has 1 aromatic heterocycles. The Morgan fingerprint density at radius 2 is 2.15 bits per heavy atom. The predicted molar refractivity (Wildman–Crippen MR) is 61.0 cm³/mol. The van der Waals surface area contributed by atoms with Crippen LogP contribution in [-0.4, -0.2) is 9.78 Å². The molecule has 2 rings (SSSR count). The first-order valence-corrected chi connectivity index (χ1v) is 5.12. The van der Waals surface area contributed by atoms with E-state index in [0.29, 0.717) is 0 Å². The molecule has 0 aliphatic rings. The third-order valence-electron chi connectivity index (χ3n) is 1.80. The number of aryl methyl sites for hydroxylation is 1. The summed E-state index contributed by atoms with van der Waals surface area (Å²) in [4.78, 5) is 0. The van der Waals surface area contributed by atoms with Gasteiger partial charge in [0, 0.05) is 9.77 Å². The number of hydrogen-bond donors (Lipinski definition) is 0. The minimum Gasteiger partial charge on any atom is -0.241 e. The molecule has 0 saturated carbocycles. The Kier molecular flexibility index (Phi) is 2.35. The topological polar surface area (TPSA) is 17.8 Å². The van der Waals surface area contributed by atoms with Crippen molar-refractivity contribution in [2.75, 3.05) is 0 Å². The molecule has 0 spiro atoms. The normalized spacial score (nSPS) is 10.3. The van der Waals surface area contributed by atoms with Crippen LogP contribution in [0, 0.1) is 10.5 Å². The van der Waals surface area contributed by atoms with E-state index in [1.807, 2.05) is 29.9 Å². The van der Waals surface area contributed by atoms with Gasteiger partial charge in [0.2, 0.25) is 0 Å². The van der Waals surface area contributed by atoms with E-state index in [1.54, 1.807) is 0 Å². The fourth-order valence-electron chi connectivity index (χ4n) is 1.18. The average Bonchev–Trinajstić information content (AvgIpc) is 2.52. The fourth-order valence-corrected chi connectivity index (χ4v) is 1.70. The fraction of sp³-hybridized carbons (Fsp3) is 0.100. The Morgan fingerprint density at radius 3 is 2.77 bits per heavy atom. The maximum absolute atomic E-state index is 4.34. The zero-order chi connectivity index (χ0) is 9.26. The monoisotopic (exact) mass is 284 g/mol. The van der Waals surface area contributed by atoms with Crippen LogP contribution in [0.5, 0.6) is 0 Å². The lowest BCUT2D eigenvalue weighted by molar-refractivity contribution is 0.862. The maximum atomic E-state index is 4.34. The zero-order valence-electron chi connectivity index (χ0n) is 7.24. The molecule has 1 aromatic carbocycles. The van der Waals surface area contributed by atoms with E-state index < -0.39 is 0 Å². The predicted octanol–water partition coefficient (Wildman–Crippen LogP) is 2.79. The molecular formula is C10H9IN2. The molecule has 0 saturated heterocycles. The summed E-state index contributed by atoms with van der Waals surface area (Å²) in [6, 6.07) is 10.3. The number of rotatable bonds is 1. The number of halogens is 1. The van der Waals surface area contributed by atoms with Crippen molar-refractivity contribution in [3.05, 3.63) is 45.8 Å². The molecule has 3 heteroatoms. The molecule has 2 aromatic rings. The van der Waals surface area contributed by atoms with Gasteiger partial charge in [-0.15, -0.1) is 0 Å². The van der Waals surface area contributed by atoms with Gasteiger partial charge in [-0.2, -0.15) is 5.10 Å².